The first-order chi connectivity index (χ1) is 16.3. The molecule has 202 valence electrons. The Labute approximate surface area is 214 Å². The summed E-state index contributed by atoms with van der Waals surface area (Å²) in [7, 11) is 4.19. The molecular weight excluding hydrogens is 442 g/mol. The van der Waals surface area contributed by atoms with Crippen LogP contribution in [0.25, 0.3) is 0 Å². The molecule has 2 heterocycles. The molecule has 0 aliphatic carbocycles. The van der Waals surface area contributed by atoms with E-state index in [0.29, 0.717) is 12.5 Å². The Morgan fingerprint density at radius 2 is 1.63 bits per heavy atom. The average Bonchev–Trinajstić information content (AvgIpc) is 2.81. The summed E-state index contributed by atoms with van der Waals surface area (Å²) in [6.45, 7) is 18.6. The van der Waals surface area contributed by atoms with Crippen LogP contribution in [-0.4, -0.2) is 61.4 Å². The minimum absolute atomic E-state index is 0.0551. The maximum absolute atomic E-state index is 13.2. The van der Waals surface area contributed by atoms with Gasteiger partial charge in [0.1, 0.15) is 11.9 Å². The number of nitrogens with zero attached hydrogens (tertiary/aromatic N) is 1. The van der Waals surface area contributed by atoms with Gasteiger partial charge in [-0.15, -0.1) is 0 Å². The summed E-state index contributed by atoms with van der Waals surface area (Å²) in [4.78, 5) is 28.4. The fourth-order valence-electron chi connectivity index (χ4n) is 5.74. The van der Waals surface area contributed by atoms with Crippen LogP contribution in [0.4, 0.5) is 0 Å². The molecule has 2 rings (SSSR count). The topological polar surface area (TPSA) is 65.1 Å². The molecule has 0 unspecified atom stereocenters. The van der Waals surface area contributed by atoms with E-state index in [9.17, 15) is 9.59 Å². The van der Waals surface area contributed by atoms with Crippen molar-refractivity contribution < 1.29 is 23.8 Å². The highest BCUT2D eigenvalue weighted by Gasteiger charge is 2.38. The number of carbonyl (C=O) groups excluding carboxylic acids is 2. The Morgan fingerprint density at radius 1 is 0.971 bits per heavy atom. The summed E-state index contributed by atoms with van der Waals surface area (Å²) >= 11 is 0. The fourth-order valence-corrected chi connectivity index (χ4v) is 5.74. The smallest absolute Gasteiger partial charge is 0.313 e. The molecule has 2 aliphatic rings. The van der Waals surface area contributed by atoms with Crippen molar-refractivity contribution in [3.05, 3.63) is 12.2 Å². The zero-order valence-electron chi connectivity index (χ0n) is 23.7. The van der Waals surface area contributed by atoms with Crippen molar-refractivity contribution in [1.29, 1.82) is 0 Å². The van der Waals surface area contributed by atoms with Gasteiger partial charge in [-0.1, -0.05) is 46.8 Å². The van der Waals surface area contributed by atoms with Crippen LogP contribution in [-0.2, 0) is 23.8 Å². The number of ether oxygens (including phenoxy) is 3. The van der Waals surface area contributed by atoms with Crippen LogP contribution in [0.1, 0.15) is 87.0 Å². The Balaban J connectivity index is 2.33. The average molecular weight is 494 g/mol. The number of hydrogen-bond donors (Lipinski definition) is 0. The maximum atomic E-state index is 13.2. The lowest BCUT2D eigenvalue weighted by molar-refractivity contribution is -0.235. The molecule has 0 aromatic heterocycles. The van der Waals surface area contributed by atoms with Crippen LogP contribution in [0.5, 0.6) is 0 Å². The predicted octanol–water partition coefficient (Wildman–Crippen LogP) is 5.64. The number of Topliss-reactive ketones (excluding diaryl/α,β-unsaturated/α-hetero) is 1. The first-order valence-electron chi connectivity index (χ1n) is 13.8. The fraction of sp³-hybridized carbons (Fsp3) is 0.862. The van der Waals surface area contributed by atoms with Gasteiger partial charge in [-0.05, 0) is 66.0 Å². The van der Waals surface area contributed by atoms with Gasteiger partial charge >= 0.3 is 5.97 Å². The molecule has 2 fully saturated rings. The SMILES string of the molecule is C=C1[C@@H](C)C(=O)O[C@H](CC)CC[C@@H](C)C(=O)[C@H](C)C[C@H](C)[C@H](O[C@H]2C[C@@H](N(C)C)C[C@@H](C)O2)[C@H]1C. The molecule has 0 bridgehead atoms. The van der Waals surface area contributed by atoms with E-state index in [1.54, 1.807) is 0 Å². The van der Waals surface area contributed by atoms with Gasteiger partial charge in [-0.2, -0.15) is 0 Å². The lowest BCUT2D eigenvalue weighted by Crippen LogP contribution is -2.46. The standard InChI is InChI=1S/C29H51NO5/c1-11-25-13-12-17(2)27(31)18(3)14-19(4)28(22(7)21(6)23(8)29(32)34-25)35-26-16-24(30(9)10)15-20(5)33-26/h17-20,22-26,28H,6,11-16H2,1-5,7-10H3/t17-,18-,19+,20-,22+,23-,24+,25-,26+,28+/m1/s1. The normalized spacial score (nSPS) is 40.9. The molecule has 0 N–H and O–H groups in total. The highest BCUT2D eigenvalue weighted by atomic mass is 16.7. The van der Waals surface area contributed by atoms with Crippen LogP contribution in [0, 0.1) is 29.6 Å². The number of carbonyl (C=O) groups is 2. The number of cyclic esters (lactones) is 1. The molecule has 0 spiro atoms. The third kappa shape index (κ3) is 8.13. The van der Waals surface area contributed by atoms with Crippen molar-refractivity contribution in [2.24, 2.45) is 29.6 Å². The van der Waals surface area contributed by atoms with Crippen LogP contribution in [0.2, 0.25) is 0 Å². The van der Waals surface area contributed by atoms with Gasteiger partial charge in [0.05, 0.1) is 18.1 Å². The Kier molecular flexibility index (Phi) is 11.4. The van der Waals surface area contributed by atoms with E-state index in [0.717, 1.165) is 37.7 Å². The molecular formula is C29H51NO5. The highest BCUT2D eigenvalue weighted by Crippen LogP contribution is 2.35. The van der Waals surface area contributed by atoms with E-state index in [4.69, 9.17) is 14.2 Å². The quantitative estimate of drug-likeness (QED) is 0.373. The maximum Gasteiger partial charge on any atom is 0.313 e. The zero-order valence-corrected chi connectivity index (χ0v) is 23.7. The summed E-state index contributed by atoms with van der Waals surface area (Å²) in [5.41, 5.74) is 0.819. The molecule has 0 amide bonds. The van der Waals surface area contributed by atoms with Gasteiger partial charge in [0, 0.05) is 30.2 Å². The molecule has 6 heteroatoms. The third-order valence-corrected chi connectivity index (χ3v) is 8.40. The van der Waals surface area contributed by atoms with Crippen LogP contribution >= 0.6 is 0 Å². The lowest BCUT2D eigenvalue weighted by atomic mass is 9.78. The van der Waals surface area contributed by atoms with Crippen molar-refractivity contribution in [2.45, 2.75) is 118 Å². The van der Waals surface area contributed by atoms with Crippen molar-refractivity contribution in [2.75, 3.05) is 14.1 Å². The molecule has 0 aromatic rings. The molecule has 0 saturated carbocycles. The van der Waals surface area contributed by atoms with E-state index in [1.807, 2.05) is 27.7 Å². The monoisotopic (exact) mass is 493 g/mol. The van der Waals surface area contributed by atoms with E-state index in [1.165, 1.54) is 0 Å². The molecule has 0 radical (unpaired) electrons. The van der Waals surface area contributed by atoms with Crippen molar-refractivity contribution in [3.63, 3.8) is 0 Å². The van der Waals surface area contributed by atoms with Crippen molar-refractivity contribution >= 4 is 11.8 Å². The highest BCUT2D eigenvalue weighted by molar-refractivity contribution is 5.82. The third-order valence-electron chi connectivity index (χ3n) is 8.40. The van der Waals surface area contributed by atoms with Gasteiger partial charge in [0.25, 0.3) is 0 Å². The van der Waals surface area contributed by atoms with Crippen molar-refractivity contribution in [3.8, 4) is 0 Å². The van der Waals surface area contributed by atoms with E-state index in [-0.39, 0.29) is 60.0 Å². The summed E-state index contributed by atoms with van der Waals surface area (Å²) in [6.07, 6.45) is 4.07. The van der Waals surface area contributed by atoms with Gasteiger partial charge in [0.2, 0.25) is 0 Å². The largest absolute Gasteiger partial charge is 0.462 e. The van der Waals surface area contributed by atoms with Crippen molar-refractivity contribution in [1.82, 2.24) is 4.90 Å². The number of ketones is 1. The minimum Gasteiger partial charge on any atom is -0.462 e. The summed E-state index contributed by atoms with van der Waals surface area (Å²) in [5.74, 6) is -0.480. The van der Waals surface area contributed by atoms with E-state index >= 15 is 0 Å². The molecule has 2 saturated heterocycles. The molecule has 6 nitrogen and oxygen atoms in total. The van der Waals surface area contributed by atoms with Gasteiger partial charge < -0.3 is 19.1 Å². The predicted molar refractivity (Wildman–Crippen MR) is 140 cm³/mol. The molecule has 35 heavy (non-hydrogen) atoms. The summed E-state index contributed by atoms with van der Waals surface area (Å²) in [5, 5.41) is 0. The first kappa shape index (κ1) is 30.0. The molecule has 2 aliphatic heterocycles. The number of rotatable bonds is 4. The van der Waals surface area contributed by atoms with Gasteiger partial charge in [-0.25, -0.2) is 0 Å². The van der Waals surface area contributed by atoms with Crippen LogP contribution in [0.3, 0.4) is 0 Å². The van der Waals surface area contributed by atoms with E-state index < -0.39 is 5.92 Å². The van der Waals surface area contributed by atoms with Gasteiger partial charge in [0.15, 0.2) is 6.29 Å². The molecule has 10 atom stereocenters. The summed E-state index contributed by atoms with van der Waals surface area (Å²) in [6, 6.07) is 0.386. The Bertz CT molecular complexity index is 722. The minimum atomic E-state index is -0.419. The summed E-state index contributed by atoms with van der Waals surface area (Å²) < 4.78 is 18.8. The first-order valence-corrected chi connectivity index (χ1v) is 13.8. The zero-order chi connectivity index (χ0) is 26.4. The second-order valence-corrected chi connectivity index (χ2v) is 11.6. The number of hydrogen-bond acceptors (Lipinski definition) is 6. The lowest BCUT2D eigenvalue weighted by Gasteiger charge is -2.41. The molecule has 0 aromatic carbocycles. The van der Waals surface area contributed by atoms with Gasteiger partial charge in [-0.3, -0.25) is 9.59 Å². The second kappa shape index (κ2) is 13.3. The number of esters is 1. The van der Waals surface area contributed by atoms with Crippen LogP contribution in [0.15, 0.2) is 12.2 Å². The van der Waals surface area contributed by atoms with Crippen LogP contribution < -0.4 is 0 Å². The second-order valence-electron chi connectivity index (χ2n) is 11.6. The Hall–Kier alpha value is -1.24. The Morgan fingerprint density at radius 3 is 2.23 bits per heavy atom. The van der Waals surface area contributed by atoms with E-state index in [2.05, 4.69) is 46.3 Å².